The second-order valence-corrected chi connectivity index (χ2v) is 5.06. The van der Waals surface area contributed by atoms with Crippen LogP contribution >= 0.6 is 0 Å². The number of benzene rings is 1. The Kier molecular flexibility index (Phi) is 4.42. The highest BCUT2D eigenvalue weighted by Crippen LogP contribution is 2.28. The van der Waals surface area contributed by atoms with Gasteiger partial charge in [0.05, 0.1) is 0 Å². The summed E-state index contributed by atoms with van der Waals surface area (Å²) in [6.07, 6.45) is -3.67. The number of alkyl halides is 3. The average Bonchev–Trinajstić information content (AvgIpc) is 2.37. The summed E-state index contributed by atoms with van der Waals surface area (Å²) in [5, 5.41) is 3.42. The standard InChI is InChI=1S/C14H19F3N2O/c1-3-11-9-19(10(2)8-18-11)12-5-4-6-13(7-12)20-14(15,16)17/h4-7,10-11,18H,3,8-9H2,1-2H3. The molecule has 3 nitrogen and oxygen atoms in total. The lowest BCUT2D eigenvalue weighted by molar-refractivity contribution is -0.274. The van der Waals surface area contributed by atoms with E-state index in [9.17, 15) is 13.2 Å². The number of rotatable bonds is 3. The van der Waals surface area contributed by atoms with Crippen LogP contribution in [-0.2, 0) is 0 Å². The van der Waals surface area contributed by atoms with Crippen molar-refractivity contribution in [2.75, 3.05) is 18.0 Å². The summed E-state index contributed by atoms with van der Waals surface area (Å²) in [5.41, 5.74) is 0.763. The second-order valence-electron chi connectivity index (χ2n) is 5.06. The van der Waals surface area contributed by atoms with E-state index in [2.05, 4.69) is 28.8 Å². The number of nitrogens with zero attached hydrogens (tertiary/aromatic N) is 1. The third kappa shape index (κ3) is 3.79. The van der Waals surface area contributed by atoms with Gasteiger partial charge in [-0.25, -0.2) is 0 Å². The van der Waals surface area contributed by atoms with Crippen LogP contribution in [0.2, 0.25) is 0 Å². The van der Waals surface area contributed by atoms with Crippen LogP contribution in [0.3, 0.4) is 0 Å². The van der Waals surface area contributed by atoms with Crippen molar-refractivity contribution in [3.63, 3.8) is 0 Å². The molecule has 0 radical (unpaired) electrons. The van der Waals surface area contributed by atoms with E-state index >= 15 is 0 Å². The Bertz CT molecular complexity index is 450. The monoisotopic (exact) mass is 288 g/mol. The Labute approximate surface area is 116 Å². The zero-order valence-electron chi connectivity index (χ0n) is 11.6. The molecule has 0 spiro atoms. The van der Waals surface area contributed by atoms with Gasteiger partial charge < -0.3 is 15.0 Å². The molecule has 1 aliphatic heterocycles. The van der Waals surface area contributed by atoms with Crippen molar-refractivity contribution in [3.8, 4) is 5.75 Å². The van der Waals surface area contributed by atoms with Gasteiger partial charge in [-0.15, -0.1) is 13.2 Å². The Morgan fingerprint density at radius 2 is 2.15 bits per heavy atom. The fraction of sp³-hybridized carbons (Fsp3) is 0.571. The van der Waals surface area contributed by atoms with E-state index in [-0.39, 0.29) is 11.8 Å². The van der Waals surface area contributed by atoms with Gasteiger partial charge in [0.15, 0.2) is 0 Å². The number of ether oxygens (including phenoxy) is 1. The highest BCUT2D eigenvalue weighted by Gasteiger charge is 2.31. The maximum atomic E-state index is 12.3. The number of hydrogen-bond donors (Lipinski definition) is 1. The normalized spacial score (nSPS) is 23.8. The molecular formula is C14H19F3N2O. The molecule has 2 unspecified atom stereocenters. The van der Waals surface area contributed by atoms with Crippen LogP contribution in [0.5, 0.6) is 5.75 Å². The summed E-state index contributed by atoms with van der Waals surface area (Å²) in [4.78, 5) is 2.12. The first-order valence-electron chi connectivity index (χ1n) is 6.75. The van der Waals surface area contributed by atoms with E-state index < -0.39 is 6.36 Å². The molecule has 0 amide bonds. The molecule has 1 N–H and O–H groups in total. The number of piperazine rings is 1. The number of halogens is 3. The molecule has 1 aromatic rings. The third-order valence-corrected chi connectivity index (χ3v) is 3.53. The second kappa shape index (κ2) is 5.91. The molecule has 2 rings (SSSR count). The molecule has 112 valence electrons. The minimum atomic E-state index is -4.65. The van der Waals surface area contributed by atoms with Gasteiger partial charge in [0, 0.05) is 36.9 Å². The van der Waals surface area contributed by atoms with Crippen LogP contribution < -0.4 is 15.0 Å². The van der Waals surface area contributed by atoms with Gasteiger partial charge in [0.2, 0.25) is 0 Å². The molecule has 6 heteroatoms. The molecule has 1 aliphatic rings. The van der Waals surface area contributed by atoms with Crippen molar-refractivity contribution in [1.82, 2.24) is 5.32 Å². The van der Waals surface area contributed by atoms with Crippen LogP contribution in [-0.4, -0.2) is 31.5 Å². The van der Waals surface area contributed by atoms with Gasteiger partial charge in [-0.1, -0.05) is 13.0 Å². The SMILES string of the molecule is CCC1CN(c2cccc(OC(F)(F)F)c2)C(C)CN1. The highest BCUT2D eigenvalue weighted by atomic mass is 19.4. The Balaban J connectivity index is 2.16. The van der Waals surface area contributed by atoms with Crippen LogP contribution in [0.25, 0.3) is 0 Å². The van der Waals surface area contributed by atoms with Gasteiger partial charge in [-0.3, -0.25) is 0 Å². The van der Waals surface area contributed by atoms with Crippen molar-refractivity contribution in [1.29, 1.82) is 0 Å². The minimum Gasteiger partial charge on any atom is -0.406 e. The smallest absolute Gasteiger partial charge is 0.406 e. The zero-order chi connectivity index (χ0) is 14.8. The molecule has 1 fully saturated rings. The summed E-state index contributed by atoms with van der Waals surface area (Å²) in [5.74, 6) is -0.172. The summed E-state index contributed by atoms with van der Waals surface area (Å²) in [7, 11) is 0. The Morgan fingerprint density at radius 1 is 1.40 bits per heavy atom. The Morgan fingerprint density at radius 3 is 2.80 bits per heavy atom. The molecule has 1 aromatic carbocycles. The number of anilines is 1. The van der Waals surface area contributed by atoms with Crippen LogP contribution in [0.1, 0.15) is 20.3 Å². The van der Waals surface area contributed by atoms with Crippen molar-refractivity contribution in [2.24, 2.45) is 0 Å². The molecule has 1 heterocycles. The van der Waals surface area contributed by atoms with Crippen molar-refractivity contribution in [3.05, 3.63) is 24.3 Å². The largest absolute Gasteiger partial charge is 0.573 e. The van der Waals surface area contributed by atoms with E-state index in [4.69, 9.17) is 0 Å². The lowest BCUT2D eigenvalue weighted by atomic mass is 10.1. The summed E-state index contributed by atoms with van der Waals surface area (Å²) < 4.78 is 40.8. The Hall–Kier alpha value is -1.43. The summed E-state index contributed by atoms with van der Waals surface area (Å²) in [6.45, 7) is 5.75. The predicted octanol–water partition coefficient (Wildman–Crippen LogP) is 3.16. The van der Waals surface area contributed by atoms with Gasteiger partial charge in [-0.05, 0) is 25.5 Å². The summed E-state index contributed by atoms with van der Waals surface area (Å²) >= 11 is 0. The van der Waals surface area contributed by atoms with Gasteiger partial charge in [-0.2, -0.15) is 0 Å². The van der Waals surface area contributed by atoms with E-state index in [1.165, 1.54) is 12.1 Å². The third-order valence-electron chi connectivity index (χ3n) is 3.53. The fourth-order valence-electron chi connectivity index (χ4n) is 2.42. The molecule has 20 heavy (non-hydrogen) atoms. The van der Waals surface area contributed by atoms with E-state index in [0.717, 1.165) is 25.2 Å². The highest BCUT2D eigenvalue weighted by molar-refractivity contribution is 5.52. The first kappa shape index (κ1) is 15.0. The van der Waals surface area contributed by atoms with Gasteiger partial charge in [0.25, 0.3) is 0 Å². The van der Waals surface area contributed by atoms with Gasteiger partial charge in [0.1, 0.15) is 5.75 Å². The number of nitrogens with one attached hydrogen (secondary N) is 1. The first-order valence-corrected chi connectivity index (χ1v) is 6.75. The predicted molar refractivity (Wildman–Crippen MR) is 72.0 cm³/mol. The van der Waals surface area contributed by atoms with Crippen molar-refractivity contribution >= 4 is 5.69 Å². The van der Waals surface area contributed by atoms with Crippen molar-refractivity contribution < 1.29 is 17.9 Å². The zero-order valence-corrected chi connectivity index (χ0v) is 11.6. The maximum absolute atomic E-state index is 12.3. The first-order chi connectivity index (χ1) is 9.39. The lowest BCUT2D eigenvalue weighted by Crippen LogP contribution is -2.55. The van der Waals surface area contributed by atoms with Crippen LogP contribution in [0.15, 0.2) is 24.3 Å². The average molecular weight is 288 g/mol. The lowest BCUT2D eigenvalue weighted by Gasteiger charge is -2.40. The van der Waals surface area contributed by atoms with Crippen molar-refractivity contribution in [2.45, 2.75) is 38.7 Å². The molecule has 2 atom stereocenters. The quantitative estimate of drug-likeness (QED) is 0.924. The molecule has 1 saturated heterocycles. The summed E-state index contributed by atoms with van der Waals surface area (Å²) in [6, 6.07) is 6.77. The van der Waals surface area contributed by atoms with E-state index in [1.807, 2.05) is 6.07 Å². The molecule has 0 aromatic heterocycles. The molecule has 0 aliphatic carbocycles. The number of hydrogen-bond acceptors (Lipinski definition) is 3. The molecule has 0 saturated carbocycles. The molecular weight excluding hydrogens is 269 g/mol. The minimum absolute atomic E-state index is 0.172. The maximum Gasteiger partial charge on any atom is 0.573 e. The van der Waals surface area contributed by atoms with E-state index in [1.54, 1.807) is 6.07 Å². The van der Waals surface area contributed by atoms with E-state index in [0.29, 0.717) is 6.04 Å². The molecule has 0 bridgehead atoms. The fourth-order valence-corrected chi connectivity index (χ4v) is 2.42. The van der Waals surface area contributed by atoms with Crippen LogP contribution in [0, 0.1) is 0 Å². The van der Waals surface area contributed by atoms with Crippen LogP contribution in [0.4, 0.5) is 18.9 Å². The van der Waals surface area contributed by atoms with Gasteiger partial charge >= 0.3 is 6.36 Å². The topological polar surface area (TPSA) is 24.5 Å².